The first kappa shape index (κ1) is 16.8. The van der Waals surface area contributed by atoms with E-state index in [1.165, 1.54) is 0 Å². The van der Waals surface area contributed by atoms with Gasteiger partial charge in [-0.2, -0.15) is 0 Å². The molecule has 6 heteroatoms. The molecule has 0 atom stereocenters. The van der Waals surface area contributed by atoms with Crippen molar-refractivity contribution in [3.05, 3.63) is 72.2 Å². The third kappa shape index (κ3) is 3.72. The molecule has 0 saturated carbocycles. The number of rotatable bonds is 5. The van der Waals surface area contributed by atoms with Gasteiger partial charge in [0, 0.05) is 40.8 Å². The lowest BCUT2D eigenvalue weighted by Gasteiger charge is -2.13. The van der Waals surface area contributed by atoms with E-state index in [-0.39, 0.29) is 5.57 Å². The van der Waals surface area contributed by atoms with Crippen molar-refractivity contribution in [2.75, 3.05) is 5.32 Å². The van der Waals surface area contributed by atoms with Crippen LogP contribution in [0.2, 0.25) is 5.02 Å². The molecule has 0 aliphatic rings. The molecule has 1 amide bonds. The second-order valence-corrected chi connectivity index (χ2v) is 6.10. The predicted octanol–water partition coefficient (Wildman–Crippen LogP) is 3.98. The first-order chi connectivity index (χ1) is 11.9. The standard InChI is InChI=1S/C19H17ClN4O/c1-12(19(21)25)13-3-8-17(23-15-6-4-14(20)5-7-15)16(9-13)18-10-24(2)11-22-18/h3-11,23H,1H2,2H3,(H2,21,25). The van der Waals surface area contributed by atoms with Crippen molar-refractivity contribution >= 4 is 34.5 Å². The fourth-order valence-electron chi connectivity index (χ4n) is 2.44. The summed E-state index contributed by atoms with van der Waals surface area (Å²) >= 11 is 5.94. The van der Waals surface area contributed by atoms with E-state index in [1.807, 2.05) is 54.2 Å². The highest BCUT2D eigenvalue weighted by Crippen LogP contribution is 2.32. The topological polar surface area (TPSA) is 72.9 Å². The second kappa shape index (κ2) is 6.83. The average Bonchev–Trinajstić information content (AvgIpc) is 3.03. The molecule has 0 spiro atoms. The number of primary amides is 1. The van der Waals surface area contributed by atoms with Crippen molar-refractivity contribution in [3.63, 3.8) is 0 Å². The van der Waals surface area contributed by atoms with Gasteiger partial charge in [-0.1, -0.05) is 24.2 Å². The van der Waals surface area contributed by atoms with Gasteiger partial charge in [-0.15, -0.1) is 0 Å². The zero-order valence-corrected chi connectivity index (χ0v) is 14.4. The van der Waals surface area contributed by atoms with E-state index in [0.29, 0.717) is 10.6 Å². The summed E-state index contributed by atoms with van der Waals surface area (Å²) in [5.74, 6) is -0.551. The minimum absolute atomic E-state index is 0.259. The monoisotopic (exact) mass is 352 g/mol. The summed E-state index contributed by atoms with van der Waals surface area (Å²) in [6.07, 6.45) is 3.62. The van der Waals surface area contributed by atoms with E-state index < -0.39 is 5.91 Å². The second-order valence-electron chi connectivity index (χ2n) is 5.66. The van der Waals surface area contributed by atoms with E-state index in [4.69, 9.17) is 17.3 Å². The SMILES string of the molecule is C=C(C(N)=O)c1ccc(Nc2ccc(Cl)cc2)c(-c2cn(C)cn2)c1. The van der Waals surface area contributed by atoms with Gasteiger partial charge in [0.15, 0.2) is 0 Å². The largest absolute Gasteiger partial charge is 0.366 e. The maximum atomic E-state index is 11.4. The Balaban J connectivity index is 2.05. The van der Waals surface area contributed by atoms with Crippen molar-refractivity contribution in [3.8, 4) is 11.3 Å². The number of aromatic nitrogens is 2. The Morgan fingerprint density at radius 2 is 1.96 bits per heavy atom. The molecule has 0 aliphatic heterocycles. The molecular weight excluding hydrogens is 336 g/mol. The van der Waals surface area contributed by atoms with Crippen LogP contribution in [0.1, 0.15) is 5.56 Å². The number of nitrogens with one attached hydrogen (secondary N) is 1. The minimum atomic E-state index is -0.551. The van der Waals surface area contributed by atoms with Crippen LogP contribution in [0.3, 0.4) is 0 Å². The van der Waals surface area contributed by atoms with Gasteiger partial charge in [0.1, 0.15) is 0 Å². The normalized spacial score (nSPS) is 10.5. The number of nitrogens with zero attached hydrogens (tertiary/aromatic N) is 2. The summed E-state index contributed by atoms with van der Waals surface area (Å²) in [5, 5.41) is 4.02. The predicted molar refractivity (Wildman–Crippen MR) is 102 cm³/mol. The summed E-state index contributed by atoms with van der Waals surface area (Å²) in [4.78, 5) is 15.8. The number of halogens is 1. The van der Waals surface area contributed by atoms with Crippen LogP contribution in [-0.4, -0.2) is 15.5 Å². The van der Waals surface area contributed by atoms with Gasteiger partial charge in [0.2, 0.25) is 5.91 Å². The van der Waals surface area contributed by atoms with E-state index in [0.717, 1.165) is 22.6 Å². The zero-order valence-electron chi connectivity index (χ0n) is 13.7. The molecule has 0 aliphatic carbocycles. The number of aryl methyl sites for hydroxylation is 1. The first-order valence-electron chi connectivity index (χ1n) is 7.58. The molecule has 0 radical (unpaired) electrons. The summed E-state index contributed by atoms with van der Waals surface area (Å²) in [7, 11) is 1.90. The molecule has 0 fully saturated rings. The molecule has 5 nitrogen and oxygen atoms in total. The number of nitrogens with two attached hydrogens (primary N) is 1. The fourth-order valence-corrected chi connectivity index (χ4v) is 2.56. The van der Waals surface area contributed by atoms with Crippen LogP contribution in [0.5, 0.6) is 0 Å². The summed E-state index contributed by atoms with van der Waals surface area (Å²) < 4.78 is 1.86. The molecule has 1 aromatic heterocycles. The fraction of sp³-hybridized carbons (Fsp3) is 0.0526. The van der Waals surface area contributed by atoms with Crippen molar-refractivity contribution in [2.45, 2.75) is 0 Å². The maximum absolute atomic E-state index is 11.4. The van der Waals surface area contributed by atoms with E-state index in [1.54, 1.807) is 12.4 Å². The molecule has 0 bridgehead atoms. The Hall–Kier alpha value is -3.05. The molecule has 126 valence electrons. The van der Waals surface area contributed by atoms with Crippen molar-refractivity contribution in [1.29, 1.82) is 0 Å². The molecular formula is C19H17ClN4O. The lowest BCUT2D eigenvalue weighted by atomic mass is 10.0. The summed E-state index contributed by atoms with van der Waals surface area (Å²) in [6, 6.07) is 12.9. The van der Waals surface area contributed by atoms with Crippen LogP contribution < -0.4 is 11.1 Å². The Labute approximate surface area is 150 Å². The van der Waals surface area contributed by atoms with Gasteiger partial charge in [0.05, 0.1) is 12.0 Å². The Kier molecular flexibility index (Phi) is 4.59. The Morgan fingerprint density at radius 3 is 2.56 bits per heavy atom. The van der Waals surface area contributed by atoms with Crippen molar-refractivity contribution in [1.82, 2.24) is 9.55 Å². The number of amides is 1. The van der Waals surface area contributed by atoms with Gasteiger partial charge in [-0.25, -0.2) is 4.98 Å². The highest BCUT2D eigenvalue weighted by Gasteiger charge is 2.13. The van der Waals surface area contributed by atoms with Crippen molar-refractivity contribution in [2.24, 2.45) is 12.8 Å². The highest BCUT2D eigenvalue weighted by atomic mass is 35.5. The van der Waals surface area contributed by atoms with Crippen LogP contribution in [0.25, 0.3) is 16.8 Å². The van der Waals surface area contributed by atoms with Gasteiger partial charge in [-0.3, -0.25) is 4.79 Å². The molecule has 0 unspecified atom stereocenters. The number of hydrogen-bond donors (Lipinski definition) is 2. The molecule has 25 heavy (non-hydrogen) atoms. The molecule has 3 aromatic rings. The molecule has 3 rings (SSSR count). The van der Waals surface area contributed by atoms with Crippen LogP contribution >= 0.6 is 11.6 Å². The van der Waals surface area contributed by atoms with E-state index in [9.17, 15) is 4.79 Å². The van der Waals surface area contributed by atoms with Gasteiger partial charge in [-0.05, 0) is 42.0 Å². The van der Waals surface area contributed by atoms with Gasteiger partial charge >= 0.3 is 0 Å². The summed E-state index contributed by atoms with van der Waals surface area (Å²) in [5.41, 5.74) is 9.63. The number of imidazole rings is 1. The van der Waals surface area contributed by atoms with Crippen LogP contribution in [0.15, 0.2) is 61.6 Å². The zero-order chi connectivity index (χ0) is 18.0. The van der Waals surface area contributed by atoms with Crippen LogP contribution in [0.4, 0.5) is 11.4 Å². The number of hydrogen-bond acceptors (Lipinski definition) is 3. The highest BCUT2D eigenvalue weighted by molar-refractivity contribution is 6.30. The summed E-state index contributed by atoms with van der Waals surface area (Å²) in [6.45, 7) is 3.75. The maximum Gasteiger partial charge on any atom is 0.248 e. The Bertz CT molecular complexity index is 944. The number of benzene rings is 2. The van der Waals surface area contributed by atoms with Gasteiger partial charge < -0.3 is 15.6 Å². The third-order valence-corrected chi connectivity index (χ3v) is 4.02. The third-order valence-electron chi connectivity index (χ3n) is 3.77. The molecule has 1 heterocycles. The quantitative estimate of drug-likeness (QED) is 0.682. The lowest BCUT2D eigenvalue weighted by Crippen LogP contribution is -2.12. The molecule has 3 N–H and O–H groups in total. The first-order valence-corrected chi connectivity index (χ1v) is 7.96. The van der Waals surface area contributed by atoms with Gasteiger partial charge in [0.25, 0.3) is 0 Å². The van der Waals surface area contributed by atoms with Crippen molar-refractivity contribution < 1.29 is 4.79 Å². The van der Waals surface area contributed by atoms with E-state index >= 15 is 0 Å². The minimum Gasteiger partial charge on any atom is -0.366 e. The molecule has 0 saturated heterocycles. The number of carbonyl (C=O) groups excluding carboxylic acids is 1. The number of carbonyl (C=O) groups is 1. The lowest BCUT2D eigenvalue weighted by molar-refractivity contribution is -0.112. The average molecular weight is 353 g/mol. The van der Waals surface area contributed by atoms with E-state index in [2.05, 4.69) is 16.9 Å². The number of anilines is 2. The smallest absolute Gasteiger partial charge is 0.248 e. The van der Waals surface area contributed by atoms with Crippen LogP contribution in [-0.2, 0) is 11.8 Å². The Morgan fingerprint density at radius 1 is 1.24 bits per heavy atom. The molecule has 2 aromatic carbocycles. The van der Waals surface area contributed by atoms with Crippen LogP contribution in [0, 0.1) is 0 Å².